The predicted octanol–water partition coefficient (Wildman–Crippen LogP) is 4.88. The molecule has 0 saturated carbocycles. The third-order valence-electron chi connectivity index (χ3n) is 6.32. The van der Waals surface area contributed by atoms with Crippen LogP contribution in [0.3, 0.4) is 0 Å². The zero-order chi connectivity index (χ0) is 20.0. The molecule has 152 valence electrons. The quantitative estimate of drug-likeness (QED) is 0.646. The van der Waals surface area contributed by atoms with Gasteiger partial charge in [-0.15, -0.1) is 11.3 Å². The molecule has 0 unspecified atom stereocenters. The van der Waals surface area contributed by atoms with Crippen LogP contribution in [0.2, 0.25) is 0 Å². The van der Waals surface area contributed by atoms with E-state index in [0.717, 1.165) is 48.3 Å². The van der Waals surface area contributed by atoms with E-state index in [1.807, 2.05) is 6.92 Å². The lowest BCUT2D eigenvalue weighted by Crippen LogP contribution is -2.19. The zero-order valence-electron chi connectivity index (χ0n) is 17.1. The third-order valence-corrected chi connectivity index (χ3v) is 7.46. The van der Waals surface area contributed by atoms with Gasteiger partial charge in [0.05, 0.1) is 11.4 Å². The fourth-order valence-corrected chi connectivity index (χ4v) is 6.02. The second-order valence-corrected chi connectivity index (χ2v) is 9.67. The number of hydrogen-bond acceptors (Lipinski definition) is 5. The summed E-state index contributed by atoms with van der Waals surface area (Å²) in [6, 6.07) is 8.52. The molecule has 2 aliphatic rings. The second-order valence-electron chi connectivity index (χ2n) is 8.59. The van der Waals surface area contributed by atoms with Gasteiger partial charge in [0, 0.05) is 29.3 Å². The SMILES string of the molecule is C[C@@H]1CCc2c(sc3nc([C@H](C)Nc4ccc(N5CCCC5)cc4)[nH]c(=O)c23)C1. The third kappa shape index (κ3) is 3.54. The lowest BCUT2D eigenvalue weighted by atomic mass is 9.89. The Morgan fingerprint density at radius 1 is 1.24 bits per heavy atom. The Bertz CT molecular complexity index is 1080. The number of hydrogen-bond donors (Lipinski definition) is 2. The molecule has 1 aliphatic heterocycles. The van der Waals surface area contributed by atoms with E-state index in [1.165, 1.54) is 29.0 Å². The van der Waals surface area contributed by atoms with Crippen molar-refractivity contribution in [1.29, 1.82) is 0 Å². The van der Waals surface area contributed by atoms with E-state index < -0.39 is 0 Å². The molecule has 29 heavy (non-hydrogen) atoms. The van der Waals surface area contributed by atoms with Gasteiger partial charge in [-0.3, -0.25) is 4.79 Å². The van der Waals surface area contributed by atoms with Gasteiger partial charge in [0.1, 0.15) is 10.7 Å². The minimum atomic E-state index is -0.0669. The summed E-state index contributed by atoms with van der Waals surface area (Å²) >= 11 is 1.71. The lowest BCUT2D eigenvalue weighted by Gasteiger charge is -2.19. The molecule has 0 radical (unpaired) electrons. The average Bonchev–Trinajstić information content (AvgIpc) is 3.36. The van der Waals surface area contributed by atoms with Crippen LogP contribution in [0.15, 0.2) is 29.1 Å². The van der Waals surface area contributed by atoms with E-state index in [-0.39, 0.29) is 11.6 Å². The highest BCUT2D eigenvalue weighted by atomic mass is 32.1. The summed E-state index contributed by atoms with van der Waals surface area (Å²) in [4.78, 5) is 25.4. The molecule has 1 aromatic carbocycles. The van der Waals surface area contributed by atoms with E-state index in [9.17, 15) is 4.79 Å². The topological polar surface area (TPSA) is 61.0 Å². The van der Waals surface area contributed by atoms with E-state index in [0.29, 0.717) is 11.7 Å². The summed E-state index contributed by atoms with van der Waals surface area (Å²) in [5.41, 5.74) is 3.58. The average molecular weight is 409 g/mol. The van der Waals surface area contributed by atoms with Crippen molar-refractivity contribution in [3.05, 3.63) is 50.9 Å². The van der Waals surface area contributed by atoms with Crippen molar-refractivity contribution in [2.45, 2.75) is 52.0 Å². The molecular weight excluding hydrogens is 380 g/mol. The number of aryl methyl sites for hydroxylation is 1. The first-order chi connectivity index (χ1) is 14.1. The molecule has 1 saturated heterocycles. The van der Waals surface area contributed by atoms with E-state index in [1.54, 1.807) is 11.3 Å². The van der Waals surface area contributed by atoms with Gasteiger partial charge in [-0.05, 0) is 74.8 Å². The Labute approximate surface area is 175 Å². The maximum Gasteiger partial charge on any atom is 0.259 e. The first-order valence-electron chi connectivity index (χ1n) is 10.7. The molecule has 1 fully saturated rings. The molecule has 0 bridgehead atoms. The van der Waals surface area contributed by atoms with Gasteiger partial charge in [-0.25, -0.2) is 4.98 Å². The number of thiophene rings is 1. The zero-order valence-corrected chi connectivity index (χ0v) is 17.9. The number of rotatable bonds is 4. The van der Waals surface area contributed by atoms with E-state index in [2.05, 4.69) is 46.4 Å². The number of anilines is 2. The fourth-order valence-electron chi connectivity index (χ4n) is 4.63. The highest BCUT2D eigenvalue weighted by Crippen LogP contribution is 2.36. The van der Waals surface area contributed by atoms with Crippen molar-refractivity contribution in [2.24, 2.45) is 5.92 Å². The first-order valence-corrected chi connectivity index (χ1v) is 11.6. The number of nitrogens with one attached hydrogen (secondary N) is 2. The van der Waals surface area contributed by atoms with Crippen LogP contribution in [0.1, 0.15) is 55.4 Å². The molecule has 3 aromatic rings. The molecule has 2 atom stereocenters. The summed E-state index contributed by atoms with van der Waals surface area (Å²) < 4.78 is 0. The molecule has 2 aromatic heterocycles. The fraction of sp³-hybridized carbons (Fsp3) is 0.478. The highest BCUT2D eigenvalue weighted by molar-refractivity contribution is 7.18. The molecule has 5 nitrogen and oxygen atoms in total. The number of H-pyrrole nitrogens is 1. The number of fused-ring (bicyclic) bond motifs is 3. The first kappa shape index (κ1) is 18.7. The predicted molar refractivity (Wildman–Crippen MR) is 121 cm³/mol. The maximum absolute atomic E-state index is 12.8. The van der Waals surface area contributed by atoms with Gasteiger partial charge < -0.3 is 15.2 Å². The van der Waals surface area contributed by atoms with Gasteiger partial charge in [-0.2, -0.15) is 0 Å². The lowest BCUT2D eigenvalue weighted by molar-refractivity contribution is 0.509. The summed E-state index contributed by atoms with van der Waals surface area (Å²) in [5, 5.41) is 4.31. The molecule has 2 N–H and O–H groups in total. The van der Waals surface area contributed by atoms with Crippen molar-refractivity contribution in [3.63, 3.8) is 0 Å². The molecular formula is C23H28N4OS. The summed E-state index contributed by atoms with van der Waals surface area (Å²) in [6.07, 6.45) is 5.79. The van der Waals surface area contributed by atoms with Crippen molar-refractivity contribution >= 4 is 32.9 Å². The van der Waals surface area contributed by atoms with Crippen molar-refractivity contribution in [1.82, 2.24) is 9.97 Å². The summed E-state index contributed by atoms with van der Waals surface area (Å²) in [7, 11) is 0. The number of aromatic nitrogens is 2. The minimum absolute atomic E-state index is 0.00934. The molecule has 1 aliphatic carbocycles. The molecule has 3 heterocycles. The normalized spacial score (nSPS) is 20.1. The van der Waals surface area contributed by atoms with Crippen LogP contribution in [0.4, 0.5) is 11.4 Å². The number of nitrogens with zero attached hydrogens (tertiary/aromatic N) is 2. The van der Waals surface area contributed by atoms with Crippen molar-refractivity contribution < 1.29 is 0 Å². The van der Waals surface area contributed by atoms with Crippen LogP contribution in [0.25, 0.3) is 10.2 Å². The number of aromatic amines is 1. The van der Waals surface area contributed by atoms with Gasteiger partial charge in [0.2, 0.25) is 0 Å². The molecule has 0 amide bonds. The van der Waals surface area contributed by atoms with E-state index in [4.69, 9.17) is 4.98 Å². The minimum Gasteiger partial charge on any atom is -0.375 e. The Balaban J connectivity index is 1.38. The Morgan fingerprint density at radius 3 is 2.76 bits per heavy atom. The second kappa shape index (κ2) is 7.48. The van der Waals surface area contributed by atoms with Crippen LogP contribution in [-0.2, 0) is 12.8 Å². The maximum atomic E-state index is 12.8. The van der Waals surface area contributed by atoms with Crippen LogP contribution in [0, 0.1) is 5.92 Å². The van der Waals surface area contributed by atoms with Gasteiger partial charge in [-0.1, -0.05) is 6.92 Å². The van der Waals surface area contributed by atoms with Crippen LogP contribution >= 0.6 is 11.3 Å². The van der Waals surface area contributed by atoms with Crippen LogP contribution in [-0.4, -0.2) is 23.1 Å². The van der Waals surface area contributed by atoms with Gasteiger partial charge in [0.15, 0.2) is 0 Å². The Hall–Kier alpha value is -2.34. The summed E-state index contributed by atoms with van der Waals surface area (Å²) in [6.45, 7) is 6.64. The van der Waals surface area contributed by atoms with Gasteiger partial charge in [0.25, 0.3) is 5.56 Å². The van der Waals surface area contributed by atoms with Crippen LogP contribution in [0.5, 0.6) is 0 Å². The summed E-state index contributed by atoms with van der Waals surface area (Å²) in [5.74, 6) is 1.40. The number of benzene rings is 1. The van der Waals surface area contributed by atoms with Crippen LogP contribution < -0.4 is 15.8 Å². The Morgan fingerprint density at radius 2 is 2.00 bits per heavy atom. The largest absolute Gasteiger partial charge is 0.375 e. The van der Waals surface area contributed by atoms with Crippen molar-refractivity contribution in [3.8, 4) is 0 Å². The monoisotopic (exact) mass is 408 g/mol. The smallest absolute Gasteiger partial charge is 0.259 e. The van der Waals surface area contributed by atoms with Crippen molar-refractivity contribution in [2.75, 3.05) is 23.3 Å². The Kier molecular flexibility index (Phi) is 4.82. The molecule has 6 heteroatoms. The molecule has 0 spiro atoms. The highest BCUT2D eigenvalue weighted by Gasteiger charge is 2.23. The molecule has 5 rings (SSSR count). The standard InChI is InChI=1S/C23H28N4OS/c1-14-5-10-18-19(13-14)29-23-20(18)22(28)25-21(26-23)15(2)24-16-6-8-17(9-7-16)27-11-3-4-12-27/h6-9,14-15,24H,3-5,10-13H2,1-2H3,(H,25,26,28)/t14-,15+/m1/s1. The van der Waals surface area contributed by atoms with E-state index >= 15 is 0 Å². The van der Waals surface area contributed by atoms with Gasteiger partial charge >= 0.3 is 0 Å².